The van der Waals surface area contributed by atoms with Crippen molar-refractivity contribution in [1.29, 1.82) is 0 Å². The van der Waals surface area contributed by atoms with Crippen LogP contribution in [0.15, 0.2) is 36.4 Å². The number of rotatable bonds is 3. The molecule has 4 nitrogen and oxygen atoms in total. The maximum atomic E-state index is 14.3. The van der Waals surface area contributed by atoms with Gasteiger partial charge in [0.1, 0.15) is 17.7 Å². The number of nitrogens with zero attached hydrogens (tertiary/aromatic N) is 1. The van der Waals surface area contributed by atoms with Gasteiger partial charge >= 0.3 is 6.09 Å². The zero-order valence-corrected chi connectivity index (χ0v) is 18.0. The minimum atomic E-state index is -0.466. The lowest BCUT2D eigenvalue weighted by Gasteiger charge is -2.44. The van der Waals surface area contributed by atoms with Crippen LogP contribution in [-0.2, 0) is 11.2 Å². The number of alkyl carbamates (subject to hydrolysis) is 1. The number of halogens is 2. The molecule has 0 radical (unpaired) electrons. The number of carbonyl (C=O) groups is 1. The fourth-order valence-corrected chi connectivity index (χ4v) is 5.55. The minimum absolute atomic E-state index is 0.0372. The number of fused-ring (bicyclic) bond motifs is 4. The smallest absolute Gasteiger partial charge is 0.407 e. The zero-order chi connectivity index (χ0) is 21.8. The van der Waals surface area contributed by atoms with Crippen LogP contribution in [0.25, 0.3) is 11.1 Å². The summed E-state index contributed by atoms with van der Waals surface area (Å²) in [6, 6.07) is 8.93. The van der Waals surface area contributed by atoms with Crippen LogP contribution in [0.4, 0.5) is 13.6 Å². The van der Waals surface area contributed by atoms with Gasteiger partial charge in [-0.15, -0.1) is 0 Å². The molecule has 2 aromatic rings. The molecule has 2 aromatic carbocycles. The van der Waals surface area contributed by atoms with E-state index in [0.29, 0.717) is 11.5 Å². The molecule has 1 amide bonds. The van der Waals surface area contributed by atoms with Crippen molar-refractivity contribution in [3.05, 3.63) is 59.2 Å². The molecule has 31 heavy (non-hydrogen) atoms. The molecule has 1 N–H and O–H groups in total. The summed E-state index contributed by atoms with van der Waals surface area (Å²) in [5.41, 5.74) is 2.73. The highest BCUT2D eigenvalue weighted by Crippen LogP contribution is 2.46. The van der Waals surface area contributed by atoms with Gasteiger partial charge in [0.25, 0.3) is 0 Å². The Kier molecular flexibility index (Phi) is 5.00. The summed E-state index contributed by atoms with van der Waals surface area (Å²) in [6.45, 7) is 7.24. The van der Waals surface area contributed by atoms with E-state index in [1.165, 1.54) is 6.07 Å². The van der Waals surface area contributed by atoms with Crippen molar-refractivity contribution in [2.75, 3.05) is 19.6 Å². The fraction of sp³-hybridized carbons (Fsp3) is 0.480. The van der Waals surface area contributed by atoms with Crippen molar-refractivity contribution in [1.82, 2.24) is 10.2 Å². The van der Waals surface area contributed by atoms with Crippen LogP contribution in [-0.4, -0.2) is 36.7 Å². The van der Waals surface area contributed by atoms with Gasteiger partial charge in [0.2, 0.25) is 0 Å². The molecule has 0 saturated carbocycles. The molecule has 164 valence electrons. The lowest BCUT2D eigenvalue weighted by atomic mass is 9.85. The summed E-state index contributed by atoms with van der Waals surface area (Å²) in [5, 5.41) is 3.10. The third kappa shape index (κ3) is 3.82. The van der Waals surface area contributed by atoms with Crippen molar-refractivity contribution in [3.63, 3.8) is 0 Å². The molecule has 3 aliphatic heterocycles. The predicted molar refractivity (Wildman–Crippen MR) is 115 cm³/mol. The lowest BCUT2D eigenvalue weighted by molar-refractivity contribution is -0.0348. The average molecular weight is 427 g/mol. The molecule has 3 heterocycles. The van der Waals surface area contributed by atoms with E-state index in [1.807, 2.05) is 12.1 Å². The number of ether oxygens (including phenoxy) is 1. The standard InChI is InChI=1S/C25H28F2N2O2/c1-25(2)13-17-11-16(20-12-18(26)4-6-21(20)27)3-5-19(17)23(25)28-24(30)31-22-14-29-9-7-15(22)8-10-29/h3-6,11-12,15,22-23H,7-10,13-14H2,1-2H3,(H,28,30)/t22-,23?/m0/s1. The van der Waals surface area contributed by atoms with Gasteiger partial charge in [0.05, 0.1) is 6.04 Å². The van der Waals surface area contributed by atoms with Gasteiger partial charge in [-0.05, 0) is 78.6 Å². The Bertz CT molecular complexity index is 1010. The topological polar surface area (TPSA) is 41.6 Å². The Morgan fingerprint density at radius 1 is 1.13 bits per heavy atom. The van der Waals surface area contributed by atoms with Gasteiger partial charge < -0.3 is 10.1 Å². The Morgan fingerprint density at radius 3 is 2.61 bits per heavy atom. The number of hydrogen-bond acceptors (Lipinski definition) is 3. The summed E-state index contributed by atoms with van der Waals surface area (Å²) in [4.78, 5) is 15.1. The molecule has 6 heteroatoms. The lowest BCUT2D eigenvalue weighted by Crippen LogP contribution is -2.53. The molecule has 2 atom stereocenters. The number of hydrogen-bond donors (Lipinski definition) is 1. The van der Waals surface area contributed by atoms with E-state index in [-0.39, 0.29) is 29.2 Å². The summed E-state index contributed by atoms with van der Waals surface area (Å²) in [5.74, 6) is -0.454. The summed E-state index contributed by atoms with van der Waals surface area (Å²) < 4.78 is 33.7. The normalized spacial score (nSPS) is 28.3. The van der Waals surface area contributed by atoms with Crippen LogP contribution in [0.1, 0.15) is 43.9 Å². The average Bonchev–Trinajstić information content (AvgIpc) is 2.99. The van der Waals surface area contributed by atoms with Crippen molar-refractivity contribution < 1.29 is 18.3 Å². The largest absolute Gasteiger partial charge is 0.445 e. The zero-order valence-electron chi connectivity index (χ0n) is 18.0. The molecule has 1 aliphatic carbocycles. The summed E-state index contributed by atoms with van der Waals surface area (Å²) in [7, 11) is 0. The quantitative estimate of drug-likeness (QED) is 0.745. The first-order valence-corrected chi connectivity index (χ1v) is 11.1. The number of piperidine rings is 3. The molecular formula is C25H28F2N2O2. The van der Waals surface area contributed by atoms with E-state index >= 15 is 0 Å². The monoisotopic (exact) mass is 426 g/mol. The highest BCUT2D eigenvalue weighted by Gasteiger charge is 2.42. The van der Waals surface area contributed by atoms with Crippen LogP contribution in [0.3, 0.4) is 0 Å². The van der Waals surface area contributed by atoms with Crippen LogP contribution in [0.5, 0.6) is 0 Å². The highest BCUT2D eigenvalue weighted by molar-refractivity contribution is 5.70. The van der Waals surface area contributed by atoms with Gasteiger partial charge in [0.15, 0.2) is 0 Å². The predicted octanol–water partition coefficient (Wildman–Crippen LogP) is 5.08. The van der Waals surface area contributed by atoms with Crippen molar-refractivity contribution in [2.45, 2.75) is 45.3 Å². The van der Waals surface area contributed by atoms with E-state index < -0.39 is 11.6 Å². The first-order valence-electron chi connectivity index (χ1n) is 11.1. The highest BCUT2D eigenvalue weighted by atomic mass is 19.1. The Morgan fingerprint density at radius 2 is 1.90 bits per heavy atom. The second kappa shape index (κ2) is 7.59. The first kappa shape index (κ1) is 20.4. The molecule has 0 spiro atoms. The van der Waals surface area contributed by atoms with Gasteiger partial charge in [0, 0.05) is 12.1 Å². The molecular weight excluding hydrogens is 398 g/mol. The third-order valence-corrected chi connectivity index (χ3v) is 7.24. The summed E-state index contributed by atoms with van der Waals surface area (Å²) >= 11 is 0. The van der Waals surface area contributed by atoms with Crippen molar-refractivity contribution >= 4 is 6.09 Å². The molecule has 3 saturated heterocycles. The summed E-state index contributed by atoms with van der Waals surface area (Å²) in [6.07, 6.45) is 2.51. The number of benzene rings is 2. The minimum Gasteiger partial charge on any atom is -0.445 e. The van der Waals surface area contributed by atoms with E-state index in [4.69, 9.17) is 4.74 Å². The molecule has 6 rings (SSSR count). The maximum Gasteiger partial charge on any atom is 0.407 e. The molecule has 2 bridgehead atoms. The van der Waals surface area contributed by atoms with E-state index in [9.17, 15) is 13.6 Å². The van der Waals surface area contributed by atoms with Crippen LogP contribution < -0.4 is 5.32 Å². The second-order valence-electron chi connectivity index (χ2n) is 9.86. The molecule has 1 unspecified atom stereocenters. The van der Waals surface area contributed by atoms with E-state index in [2.05, 4.69) is 24.1 Å². The van der Waals surface area contributed by atoms with Crippen LogP contribution >= 0.6 is 0 Å². The fourth-order valence-electron chi connectivity index (χ4n) is 5.55. The van der Waals surface area contributed by atoms with Gasteiger partial charge in [-0.3, -0.25) is 4.90 Å². The molecule has 3 fully saturated rings. The first-order chi connectivity index (χ1) is 14.8. The SMILES string of the molecule is CC1(C)Cc2cc(-c3cc(F)ccc3F)ccc2C1NC(=O)O[C@H]1CN2CCC1CC2. The van der Waals surface area contributed by atoms with Gasteiger partial charge in [-0.1, -0.05) is 32.0 Å². The Balaban J connectivity index is 1.35. The second-order valence-corrected chi connectivity index (χ2v) is 9.86. The number of amides is 1. The van der Waals surface area contributed by atoms with Gasteiger partial charge in [-0.2, -0.15) is 0 Å². The van der Waals surface area contributed by atoms with Crippen molar-refractivity contribution in [2.24, 2.45) is 11.3 Å². The molecule has 0 aromatic heterocycles. The van der Waals surface area contributed by atoms with Crippen LogP contribution in [0, 0.1) is 23.0 Å². The van der Waals surface area contributed by atoms with Crippen molar-refractivity contribution in [3.8, 4) is 11.1 Å². The number of nitrogens with one attached hydrogen (secondary N) is 1. The van der Waals surface area contributed by atoms with E-state index in [1.54, 1.807) is 6.07 Å². The van der Waals surface area contributed by atoms with E-state index in [0.717, 1.165) is 62.2 Å². The maximum absolute atomic E-state index is 14.3. The molecule has 4 aliphatic rings. The van der Waals surface area contributed by atoms with Gasteiger partial charge in [-0.25, -0.2) is 13.6 Å². The number of carbonyl (C=O) groups excluding carboxylic acids is 1. The van der Waals surface area contributed by atoms with Crippen LogP contribution in [0.2, 0.25) is 0 Å². The Labute approximate surface area is 181 Å². The third-order valence-electron chi connectivity index (χ3n) is 7.24. The Hall–Kier alpha value is -2.47.